The van der Waals surface area contributed by atoms with Crippen LogP contribution in [0.4, 0.5) is 0 Å². The molecule has 17 heavy (non-hydrogen) atoms. The summed E-state index contributed by atoms with van der Waals surface area (Å²) in [6.07, 6.45) is 2.86. The van der Waals surface area contributed by atoms with E-state index in [9.17, 15) is 8.42 Å². The van der Waals surface area contributed by atoms with Crippen LogP contribution in [0, 0.1) is 6.92 Å². The van der Waals surface area contributed by atoms with Crippen molar-refractivity contribution in [2.24, 2.45) is 0 Å². The summed E-state index contributed by atoms with van der Waals surface area (Å²) in [5.74, 6) is 0. The van der Waals surface area contributed by atoms with E-state index in [0.717, 1.165) is 24.8 Å². The van der Waals surface area contributed by atoms with Gasteiger partial charge in [0, 0.05) is 12.6 Å². The second-order valence-electron chi connectivity index (χ2n) is 4.63. The minimum absolute atomic E-state index is 0.182. The summed E-state index contributed by atoms with van der Waals surface area (Å²) in [6.45, 7) is 4.67. The van der Waals surface area contributed by atoms with Gasteiger partial charge < -0.3 is 0 Å². The smallest absolute Gasteiger partial charge is 0.207 e. The molecule has 1 aromatic rings. The molecule has 1 aliphatic rings. The van der Waals surface area contributed by atoms with Crippen LogP contribution in [0.1, 0.15) is 31.7 Å². The molecule has 1 fully saturated rings. The third-order valence-electron chi connectivity index (χ3n) is 3.42. The molecule has 4 heteroatoms. The van der Waals surface area contributed by atoms with Gasteiger partial charge in [0.2, 0.25) is 10.0 Å². The molecule has 0 spiro atoms. The fourth-order valence-corrected chi connectivity index (χ4v) is 4.15. The molecule has 1 aromatic carbocycles. The lowest BCUT2D eigenvalue weighted by Crippen LogP contribution is -2.35. The highest BCUT2D eigenvalue weighted by Crippen LogP contribution is 2.27. The molecule has 0 aromatic heterocycles. The van der Waals surface area contributed by atoms with E-state index >= 15 is 0 Å². The first-order valence-electron chi connectivity index (χ1n) is 6.14. The van der Waals surface area contributed by atoms with Crippen molar-refractivity contribution in [2.75, 3.05) is 6.54 Å². The number of rotatable bonds is 3. The summed E-state index contributed by atoms with van der Waals surface area (Å²) < 4.78 is 26.5. The molecule has 1 saturated heterocycles. The summed E-state index contributed by atoms with van der Waals surface area (Å²) in [5, 5.41) is 0. The first kappa shape index (κ1) is 12.6. The zero-order chi connectivity index (χ0) is 12.5. The Hall–Kier alpha value is -0.870. The van der Waals surface area contributed by atoms with Crippen molar-refractivity contribution in [1.29, 1.82) is 0 Å². The summed E-state index contributed by atoms with van der Waals surface area (Å²) in [5.41, 5.74) is 1.08. The highest BCUT2D eigenvalue weighted by molar-refractivity contribution is 7.89. The number of hydrogen-bond acceptors (Lipinski definition) is 2. The first-order chi connectivity index (χ1) is 8.05. The molecule has 94 valence electrons. The van der Waals surface area contributed by atoms with Crippen molar-refractivity contribution in [1.82, 2.24) is 4.31 Å². The Labute approximate surface area is 104 Å². The molecular weight excluding hydrogens is 234 g/mol. The van der Waals surface area contributed by atoms with Crippen LogP contribution < -0.4 is 0 Å². The molecule has 1 heterocycles. The van der Waals surface area contributed by atoms with E-state index in [1.165, 1.54) is 0 Å². The van der Waals surface area contributed by atoms with E-state index in [1.807, 2.05) is 26.0 Å². The maximum absolute atomic E-state index is 12.4. The summed E-state index contributed by atoms with van der Waals surface area (Å²) in [4.78, 5) is 0.420. The average Bonchev–Trinajstić information content (AvgIpc) is 2.78. The first-order valence-corrected chi connectivity index (χ1v) is 7.58. The molecule has 0 amide bonds. The maximum Gasteiger partial charge on any atom is 0.243 e. The monoisotopic (exact) mass is 253 g/mol. The zero-order valence-corrected chi connectivity index (χ0v) is 11.2. The summed E-state index contributed by atoms with van der Waals surface area (Å²) in [6, 6.07) is 7.29. The number of hydrogen-bond donors (Lipinski definition) is 0. The Bertz CT molecular complexity index is 479. The van der Waals surface area contributed by atoms with Gasteiger partial charge in [0.05, 0.1) is 4.90 Å². The van der Waals surface area contributed by atoms with Crippen LogP contribution in [0.5, 0.6) is 0 Å². The molecule has 0 bridgehead atoms. The third kappa shape index (κ3) is 2.38. The number of aryl methyl sites for hydroxylation is 1. The highest BCUT2D eigenvalue weighted by Gasteiger charge is 2.33. The van der Waals surface area contributed by atoms with Crippen molar-refractivity contribution < 1.29 is 8.42 Å². The molecule has 1 atom stereocenters. The fraction of sp³-hybridized carbons (Fsp3) is 0.538. The Morgan fingerprint density at radius 1 is 1.29 bits per heavy atom. The van der Waals surface area contributed by atoms with E-state index in [2.05, 4.69) is 0 Å². The van der Waals surface area contributed by atoms with Crippen LogP contribution in [0.2, 0.25) is 0 Å². The topological polar surface area (TPSA) is 37.4 Å². The number of sulfonamides is 1. The minimum Gasteiger partial charge on any atom is -0.207 e. The van der Waals surface area contributed by atoms with Crippen molar-refractivity contribution in [3.05, 3.63) is 29.8 Å². The van der Waals surface area contributed by atoms with E-state index in [1.54, 1.807) is 16.4 Å². The molecule has 2 rings (SSSR count). The zero-order valence-electron chi connectivity index (χ0n) is 10.4. The van der Waals surface area contributed by atoms with Gasteiger partial charge in [0.1, 0.15) is 0 Å². The molecule has 0 N–H and O–H groups in total. The van der Waals surface area contributed by atoms with Crippen molar-refractivity contribution in [3.8, 4) is 0 Å². The van der Waals surface area contributed by atoms with Gasteiger partial charge in [-0.05, 0) is 38.3 Å². The predicted octanol–water partition coefficient (Wildman–Crippen LogP) is 2.56. The Morgan fingerprint density at radius 2 is 1.94 bits per heavy atom. The van der Waals surface area contributed by atoms with Gasteiger partial charge >= 0.3 is 0 Å². The highest BCUT2D eigenvalue weighted by atomic mass is 32.2. The molecule has 0 radical (unpaired) electrons. The molecule has 0 unspecified atom stereocenters. The average molecular weight is 253 g/mol. The van der Waals surface area contributed by atoms with Gasteiger partial charge in [0.25, 0.3) is 0 Å². The van der Waals surface area contributed by atoms with E-state index < -0.39 is 10.0 Å². The van der Waals surface area contributed by atoms with Crippen LogP contribution >= 0.6 is 0 Å². The SMILES string of the molecule is CC[C@H]1CCCN1S(=O)(=O)c1ccc(C)cc1. The third-order valence-corrected chi connectivity index (χ3v) is 5.39. The van der Waals surface area contributed by atoms with Crippen LogP contribution in [0.25, 0.3) is 0 Å². The van der Waals surface area contributed by atoms with Crippen LogP contribution in [-0.2, 0) is 10.0 Å². The van der Waals surface area contributed by atoms with Crippen molar-refractivity contribution >= 4 is 10.0 Å². The van der Waals surface area contributed by atoms with Crippen molar-refractivity contribution in [2.45, 2.75) is 44.0 Å². The largest absolute Gasteiger partial charge is 0.243 e. The maximum atomic E-state index is 12.4. The van der Waals surface area contributed by atoms with Gasteiger partial charge in [-0.3, -0.25) is 0 Å². The van der Waals surface area contributed by atoms with Gasteiger partial charge in [-0.2, -0.15) is 4.31 Å². The second kappa shape index (κ2) is 4.78. The Morgan fingerprint density at radius 3 is 2.53 bits per heavy atom. The summed E-state index contributed by atoms with van der Waals surface area (Å²) >= 11 is 0. The summed E-state index contributed by atoms with van der Waals surface area (Å²) in [7, 11) is -3.28. The molecule has 1 aliphatic heterocycles. The molecule has 0 saturated carbocycles. The van der Waals surface area contributed by atoms with E-state index in [0.29, 0.717) is 11.4 Å². The minimum atomic E-state index is -3.28. The normalized spacial score (nSPS) is 21.9. The molecular formula is C13H19NO2S. The van der Waals surface area contributed by atoms with Crippen molar-refractivity contribution in [3.63, 3.8) is 0 Å². The Kier molecular flexibility index (Phi) is 3.54. The van der Waals surface area contributed by atoms with Crippen LogP contribution in [0.3, 0.4) is 0 Å². The number of benzene rings is 1. The quantitative estimate of drug-likeness (QED) is 0.830. The van der Waals surface area contributed by atoms with Gasteiger partial charge in [-0.1, -0.05) is 24.6 Å². The van der Waals surface area contributed by atoms with E-state index in [4.69, 9.17) is 0 Å². The Balaban J connectivity index is 2.33. The van der Waals surface area contributed by atoms with E-state index in [-0.39, 0.29) is 6.04 Å². The predicted molar refractivity (Wildman–Crippen MR) is 68.4 cm³/mol. The lowest BCUT2D eigenvalue weighted by Gasteiger charge is -2.23. The lowest BCUT2D eigenvalue weighted by molar-refractivity contribution is 0.379. The lowest BCUT2D eigenvalue weighted by atomic mass is 10.2. The van der Waals surface area contributed by atoms with Gasteiger partial charge in [-0.25, -0.2) is 8.42 Å². The molecule has 0 aliphatic carbocycles. The van der Waals surface area contributed by atoms with Crippen LogP contribution in [0.15, 0.2) is 29.2 Å². The molecule has 3 nitrogen and oxygen atoms in total. The van der Waals surface area contributed by atoms with Gasteiger partial charge in [-0.15, -0.1) is 0 Å². The second-order valence-corrected chi connectivity index (χ2v) is 6.52. The standard InChI is InChI=1S/C13H19NO2S/c1-3-12-5-4-10-14(12)17(15,16)13-8-6-11(2)7-9-13/h6-9,12H,3-5,10H2,1-2H3/t12-/m0/s1. The number of nitrogens with zero attached hydrogens (tertiary/aromatic N) is 1. The van der Waals surface area contributed by atoms with Crippen LogP contribution in [-0.4, -0.2) is 25.3 Å². The van der Waals surface area contributed by atoms with Gasteiger partial charge in [0.15, 0.2) is 0 Å². The fourth-order valence-electron chi connectivity index (χ4n) is 2.38.